The number of amides is 1. The maximum atomic E-state index is 13.3. The van der Waals surface area contributed by atoms with Gasteiger partial charge in [0.2, 0.25) is 5.91 Å². The molecule has 0 aliphatic rings. The van der Waals surface area contributed by atoms with Crippen LogP contribution >= 0.6 is 0 Å². The van der Waals surface area contributed by atoms with Crippen LogP contribution in [0.2, 0.25) is 0 Å². The van der Waals surface area contributed by atoms with Crippen molar-refractivity contribution in [1.29, 1.82) is 5.41 Å². The second kappa shape index (κ2) is 14.4. The predicted octanol–water partition coefficient (Wildman–Crippen LogP) is 4.31. The quantitative estimate of drug-likeness (QED) is 0.0953. The first-order chi connectivity index (χ1) is 20.0. The molecular formula is C32H33N3O7. The minimum Gasteiger partial charge on any atom is -0.480 e. The van der Waals surface area contributed by atoms with Crippen LogP contribution in [0.15, 0.2) is 78.4 Å². The largest absolute Gasteiger partial charge is 0.480 e. The van der Waals surface area contributed by atoms with Crippen molar-refractivity contribution in [2.24, 2.45) is 5.73 Å². The average Bonchev–Trinajstić information content (AvgIpc) is 2.97. The van der Waals surface area contributed by atoms with Crippen molar-refractivity contribution in [2.45, 2.75) is 33.2 Å². The Bertz CT molecular complexity index is 1500. The Morgan fingerprint density at radius 1 is 0.929 bits per heavy atom. The van der Waals surface area contributed by atoms with Crippen molar-refractivity contribution in [2.75, 3.05) is 13.2 Å². The summed E-state index contributed by atoms with van der Waals surface area (Å²) >= 11 is 0. The van der Waals surface area contributed by atoms with Gasteiger partial charge in [0.1, 0.15) is 17.6 Å². The molecule has 218 valence electrons. The van der Waals surface area contributed by atoms with E-state index in [-0.39, 0.29) is 31.0 Å². The van der Waals surface area contributed by atoms with E-state index in [0.717, 1.165) is 0 Å². The number of hydrogen-bond donors (Lipinski definition) is 3. The molecule has 0 saturated heterocycles. The van der Waals surface area contributed by atoms with Gasteiger partial charge in [0.15, 0.2) is 0 Å². The summed E-state index contributed by atoms with van der Waals surface area (Å²) in [5.41, 5.74) is 8.07. The van der Waals surface area contributed by atoms with Gasteiger partial charge in [0.25, 0.3) is 0 Å². The summed E-state index contributed by atoms with van der Waals surface area (Å²) in [6.45, 7) is 5.36. The van der Waals surface area contributed by atoms with E-state index in [1.807, 2.05) is 0 Å². The monoisotopic (exact) mass is 571 g/mol. The number of benzene rings is 3. The highest BCUT2D eigenvalue weighted by molar-refractivity contribution is 5.99. The maximum absolute atomic E-state index is 13.3. The highest BCUT2D eigenvalue weighted by Gasteiger charge is 2.29. The van der Waals surface area contributed by atoms with Crippen molar-refractivity contribution < 1.29 is 33.8 Å². The molecule has 10 nitrogen and oxygen atoms in total. The van der Waals surface area contributed by atoms with Gasteiger partial charge in [0, 0.05) is 24.1 Å². The van der Waals surface area contributed by atoms with E-state index >= 15 is 0 Å². The zero-order valence-corrected chi connectivity index (χ0v) is 23.6. The summed E-state index contributed by atoms with van der Waals surface area (Å²) < 4.78 is 10.4. The Balaban J connectivity index is 1.72. The summed E-state index contributed by atoms with van der Waals surface area (Å²) in [4.78, 5) is 51.5. The van der Waals surface area contributed by atoms with E-state index in [9.17, 15) is 24.3 Å². The molecule has 3 aromatic carbocycles. The number of nitrogens with one attached hydrogen (secondary N) is 1. The number of likely N-dealkylation sites (N-methyl/N-ethyl adjacent to an activating group) is 1. The molecule has 0 radical (unpaired) electrons. The molecule has 1 amide bonds. The fourth-order valence-corrected chi connectivity index (χ4v) is 4.22. The Morgan fingerprint density at radius 2 is 1.57 bits per heavy atom. The number of ether oxygens (including phenoxy) is 2. The number of esters is 2. The number of nitrogen functional groups attached to an aromatic ring is 1. The SMILES string of the molecule is CCOC(=O)c1cccc(C[C@@H](C(=O)O)N(CC)C(=O)/C(C)=C/c2ccc(C(=O)Oc3ccc(C(=N)N)cc3)cc2)c1. The second-order valence-corrected chi connectivity index (χ2v) is 9.35. The zero-order valence-electron chi connectivity index (χ0n) is 23.6. The van der Waals surface area contributed by atoms with Gasteiger partial charge in [-0.25, -0.2) is 14.4 Å². The number of carboxylic acids is 1. The molecule has 0 aliphatic heterocycles. The minimum absolute atomic E-state index is 0.00370. The van der Waals surface area contributed by atoms with Gasteiger partial charge in [-0.1, -0.05) is 24.3 Å². The fraction of sp³-hybridized carbons (Fsp3) is 0.219. The van der Waals surface area contributed by atoms with Gasteiger partial charge in [-0.05, 0) is 86.5 Å². The van der Waals surface area contributed by atoms with Crippen LogP contribution in [0.1, 0.15) is 58.2 Å². The van der Waals surface area contributed by atoms with Crippen molar-refractivity contribution >= 4 is 35.7 Å². The number of nitrogens with zero attached hydrogens (tertiary/aromatic N) is 1. The van der Waals surface area contributed by atoms with E-state index in [4.69, 9.17) is 20.6 Å². The number of aliphatic carboxylic acids is 1. The van der Waals surface area contributed by atoms with Gasteiger partial charge in [-0.15, -0.1) is 0 Å². The summed E-state index contributed by atoms with van der Waals surface area (Å²) in [5, 5.41) is 17.4. The lowest BCUT2D eigenvalue weighted by Gasteiger charge is -2.28. The number of carbonyl (C=O) groups is 4. The molecule has 0 bridgehead atoms. The van der Waals surface area contributed by atoms with Crippen LogP contribution in [0.3, 0.4) is 0 Å². The van der Waals surface area contributed by atoms with Crippen LogP contribution in [-0.4, -0.2) is 58.9 Å². The highest BCUT2D eigenvalue weighted by atomic mass is 16.5. The van der Waals surface area contributed by atoms with Crippen molar-refractivity contribution in [3.63, 3.8) is 0 Å². The Morgan fingerprint density at radius 3 is 2.14 bits per heavy atom. The van der Waals surface area contributed by atoms with Crippen molar-refractivity contribution in [3.8, 4) is 5.75 Å². The number of nitrogens with two attached hydrogens (primary N) is 1. The summed E-state index contributed by atoms with van der Waals surface area (Å²) in [7, 11) is 0. The Kier molecular flexibility index (Phi) is 10.7. The van der Waals surface area contributed by atoms with E-state index < -0.39 is 29.9 Å². The number of amidine groups is 1. The van der Waals surface area contributed by atoms with Crippen LogP contribution in [0, 0.1) is 5.41 Å². The third-order valence-corrected chi connectivity index (χ3v) is 6.37. The lowest BCUT2D eigenvalue weighted by atomic mass is 10.0. The number of carbonyl (C=O) groups excluding carboxylic acids is 3. The number of rotatable bonds is 12. The van der Waals surface area contributed by atoms with Crippen molar-refractivity contribution in [1.82, 2.24) is 4.90 Å². The Labute approximate surface area is 243 Å². The summed E-state index contributed by atoms with van der Waals surface area (Å²) in [6.07, 6.45) is 1.62. The molecule has 42 heavy (non-hydrogen) atoms. The van der Waals surface area contributed by atoms with E-state index in [2.05, 4.69) is 0 Å². The first kappa shape index (κ1) is 31.3. The lowest BCUT2D eigenvalue weighted by molar-refractivity contribution is -0.148. The minimum atomic E-state index is -1.17. The molecule has 0 aromatic heterocycles. The van der Waals surface area contributed by atoms with Crippen LogP contribution in [0.4, 0.5) is 0 Å². The average molecular weight is 572 g/mol. The molecule has 0 saturated carbocycles. The molecule has 0 heterocycles. The van der Waals surface area contributed by atoms with Crippen LogP contribution < -0.4 is 10.5 Å². The van der Waals surface area contributed by atoms with E-state index in [1.54, 1.807) is 99.6 Å². The van der Waals surface area contributed by atoms with E-state index in [0.29, 0.717) is 33.6 Å². The van der Waals surface area contributed by atoms with Crippen molar-refractivity contribution in [3.05, 3.63) is 106 Å². The normalized spacial score (nSPS) is 11.7. The molecule has 4 N–H and O–H groups in total. The van der Waals surface area contributed by atoms with Gasteiger partial charge < -0.3 is 25.2 Å². The first-order valence-electron chi connectivity index (χ1n) is 13.3. The van der Waals surface area contributed by atoms with Crippen LogP contribution in [-0.2, 0) is 20.7 Å². The molecule has 0 unspecified atom stereocenters. The molecule has 0 spiro atoms. The molecule has 3 rings (SSSR count). The van der Waals surface area contributed by atoms with Gasteiger partial charge in [-0.2, -0.15) is 0 Å². The second-order valence-electron chi connectivity index (χ2n) is 9.35. The van der Waals surface area contributed by atoms with Gasteiger partial charge in [-0.3, -0.25) is 10.2 Å². The Hall–Kier alpha value is -5.25. The molecule has 10 heteroatoms. The molecular weight excluding hydrogens is 538 g/mol. The highest BCUT2D eigenvalue weighted by Crippen LogP contribution is 2.18. The molecule has 3 aromatic rings. The maximum Gasteiger partial charge on any atom is 0.343 e. The molecule has 0 aliphatic carbocycles. The number of hydrogen-bond acceptors (Lipinski definition) is 7. The summed E-state index contributed by atoms with van der Waals surface area (Å²) in [6, 6.07) is 18.0. The first-order valence-corrected chi connectivity index (χ1v) is 13.3. The van der Waals surface area contributed by atoms with Crippen LogP contribution in [0.25, 0.3) is 6.08 Å². The van der Waals surface area contributed by atoms with Gasteiger partial charge >= 0.3 is 17.9 Å². The standard InChI is InChI=1S/C32H33N3O7/c1-4-35(27(30(37)38)19-22-7-6-8-25(18-22)31(39)41-5-2)29(36)20(3)17-21-9-11-24(12-10-21)32(40)42-26-15-13-23(14-16-26)28(33)34/h6-18,27H,4-5,19H2,1-3H3,(H3,33,34)(H,37,38)/b20-17+/t27-/m0/s1. The fourth-order valence-electron chi connectivity index (χ4n) is 4.22. The predicted molar refractivity (Wildman–Crippen MR) is 157 cm³/mol. The van der Waals surface area contributed by atoms with Crippen LogP contribution in [0.5, 0.6) is 5.75 Å². The van der Waals surface area contributed by atoms with Gasteiger partial charge in [0.05, 0.1) is 17.7 Å². The topological polar surface area (TPSA) is 160 Å². The lowest BCUT2D eigenvalue weighted by Crippen LogP contribution is -2.46. The molecule has 0 fully saturated rings. The zero-order chi connectivity index (χ0) is 30.8. The summed E-state index contributed by atoms with van der Waals surface area (Å²) in [5.74, 6) is -2.50. The smallest absolute Gasteiger partial charge is 0.343 e. The number of carboxylic acid groups (broad SMARTS) is 1. The third kappa shape index (κ3) is 8.14. The molecule has 1 atom stereocenters. The third-order valence-electron chi connectivity index (χ3n) is 6.37. The van der Waals surface area contributed by atoms with E-state index in [1.165, 1.54) is 4.90 Å².